The number of H-pyrrole nitrogens is 1. The molecule has 0 bridgehead atoms. The normalized spacial score (nSPS) is 14.9. The fraction of sp³-hybridized carbons (Fsp3) is 0.474. The quantitative estimate of drug-likeness (QED) is 0.0723. The van der Waals surface area contributed by atoms with Gasteiger partial charge in [0.1, 0.15) is 12.4 Å². The van der Waals surface area contributed by atoms with Gasteiger partial charge in [-0.05, 0) is 101 Å². The van der Waals surface area contributed by atoms with Crippen LogP contribution in [0, 0.1) is 0 Å². The highest BCUT2D eigenvalue weighted by Gasteiger charge is 2.39. The molecule has 0 aliphatic carbocycles. The van der Waals surface area contributed by atoms with Gasteiger partial charge in [-0.1, -0.05) is 18.2 Å². The summed E-state index contributed by atoms with van der Waals surface area (Å²) in [7, 11) is 3.51. The average Bonchev–Trinajstić information content (AvgIpc) is 3.65. The lowest BCUT2D eigenvalue weighted by Crippen LogP contribution is -2.46. The molecule has 3 heterocycles. The molecule has 0 spiro atoms. The lowest BCUT2D eigenvalue weighted by atomic mass is 9.86. The Balaban J connectivity index is 1.06. The smallest absolute Gasteiger partial charge is 0.331 e. The fourth-order valence-electron chi connectivity index (χ4n) is 5.94. The Morgan fingerprint density at radius 1 is 0.900 bits per heavy atom. The van der Waals surface area contributed by atoms with Crippen LogP contribution in [0.5, 0.6) is 5.75 Å². The molecule has 1 atom stereocenters. The molecule has 1 aliphatic heterocycles. The van der Waals surface area contributed by atoms with E-state index in [2.05, 4.69) is 90.8 Å². The number of carbonyl (C=O) groups is 1. The van der Waals surface area contributed by atoms with Crippen LogP contribution in [0.2, 0.25) is 0 Å². The van der Waals surface area contributed by atoms with Gasteiger partial charge in [0, 0.05) is 68.3 Å². The third-order valence-electron chi connectivity index (χ3n) is 8.97. The molecule has 2 aromatic heterocycles. The van der Waals surface area contributed by atoms with Crippen LogP contribution < -0.4 is 15.4 Å². The number of likely N-dealkylation sites (tertiary alicyclic amines) is 1. The molecule has 50 heavy (non-hydrogen) atoms. The van der Waals surface area contributed by atoms with Crippen LogP contribution in [0.15, 0.2) is 73.1 Å². The number of aromatic nitrogens is 4. The SMILES string of the molecule is COC(=O)COCCCOCCCCCOc1ccc([C@@H](C)Nc2cccc(NC3(c4nnc(-c5ccncc5)[nH]4)CCN(C)CC3)c2)cc1. The van der Waals surface area contributed by atoms with E-state index in [9.17, 15) is 4.79 Å². The summed E-state index contributed by atoms with van der Waals surface area (Å²) in [4.78, 5) is 21.0. The second-order valence-corrected chi connectivity index (χ2v) is 12.8. The highest BCUT2D eigenvalue weighted by atomic mass is 16.6. The Morgan fingerprint density at radius 2 is 1.62 bits per heavy atom. The molecule has 0 radical (unpaired) electrons. The van der Waals surface area contributed by atoms with E-state index in [4.69, 9.17) is 14.2 Å². The van der Waals surface area contributed by atoms with Crippen molar-refractivity contribution < 1.29 is 23.7 Å². The summed E-state index contributed by atoms with van der Waals surface area (Å²) in [5.74, 6) is 2.12. The molecule has 12 heteroatoms. The lowest BCUT2D eigenvalue weighted by molar-refractivity contribution is -0.146. The van der Waals surface area contributed by atoms with Gasteiger partial charge in [-0.25, -0.2) is 4.79 Å². The summed E-state index contributed by atoms with van der Waals surface area (Å²) in [6.07, 6.45) is 9.09. The molecular weight excluding hydrogens is 634 g/mol. The summed E-state index contributed by atoms with van der Waals surface area (Å²) in [6, 6.07) is 20.8. The number of ether oxygens (including phenoxy) is 4. The molecule has 1 saturated heterocycles. The van der Waals surface area contributed by atoms with Crippen molar-refractivity contribution in [1.29, 1.82) is 0 Å². The van der Waals surface area contributed by atoms with Crippen LogP contribution in [0.1, 0.15) is 62.9 Å². The molecule has 1 aliphatic rings. The molecule has 1 fully saturated rings. The number of anilines is 2. The first kappa shape index (κ1) is 36.8. The van der Waals surface area contributed by atoms with Crippen LogP contribution in [-0.2, 0) is 24.5 Å². The van der Waals surface area contributed by atoms with E-state index in [-0.39, 0.29) is 24.2 Å². The average molecular weight is 686 g/mol. The Hall–Kier alpha value is -4.52. The van der Waals surface area contributed by atoms with E-state index in [0.29, 0.717) is 26.4 Å². The highest BCUT2D eigenvalue weighted by Crippen LogP contribution is 2.36. The highest BCUT2D eigenvalue weighted by molar-refractivity contribution is 5.70. The van der Waals surface area contributed by atoms with Gasteiger partial charge in [0.05, 0.1) is 19.3 Å². The lowest BCUT2D eigenvalue weighted by Gasteiger charge is -2.40. The number of rotatable bonds is 20. The van der Waals surface area contributed by atoms with Crippen molar-refractivity contribution in [2.24, 2.45) is 0 Å². The van der Waals surface area contributed by atoms with E-state index in [1.54, 1.807) is 12.4 Å². The number of hydrogen-bond donors (Lipinski definition) is 3. The molecule has 2 aromatic carbocycles. The van der Waals surface area contributed by atoms with Gasteiger partial charge in [0.25, 0.3) is 0 Å². The van der Waals surface area contributed by atoms with Crippen LogP contribution in [0.4, 0.5) is 11.4 Å². The standard InChI is InChI=1S/C38H51N7O5/c1-29(30-11-13-34(14-12-30)50-26-6-4-5-23-48-24-8-25-49-28-35(46)47-3)40-32-9-7-10-33(27-32)42-38(17-21-45(2)22-18-38)37-41-36(43-44-37)31-15-19-39-20-16-31/h7,9-16,19-20,27,29,40,42H,4-6,8,17-18,21-26,28H2,1-3H3,(H,41,43,44)/t29-/m1/s1. The molecule has 3 N–H and O–H groups in total. The number of methoxy groups -OCH3 is 1. The molecule has 0 saturated carbocycles. The number of unbranched alkanes of at least 4 members (excludes halogenated alkanes) is 2. The van der Waals surface area contributed by atoms with Gasteiger partial charge in [-0.3, -0.25) is 4.98 Å². The molecule has 0 unspecified atom stereocenters. The summed E-state index contributed by atoms with van der Waals surface area (Å²) in [5, 5.41) is 16.6. The van der Waals surface area contributed by atoms with E-state index in [1.807, 2.05) is 24.3 Å². The number of esters is 1. The fourth-order valence-corrected chi connectivity index (χ4v) is 5.94. The maximum atomic E-state index is 11.0. The zero-order valence-corrected chi connectivity index (χ0v) is 29.5. The first-order chi connectivity index (χ1) is 24.4. The molecule has 5 rings (SSSR count). The molecular formula is C38H51N7O5. The predicted molar refractivity (Wildman–Crippen MR) is 194 cm³/mol. The van der Waals surface area contributed by atoms with Crippen molar-refractivity contribution in [2.45, 2.75) is 57.0 Å². The van der Waals surface area contributed by atoms with Crippen LogP contribution >= 0.6 is 0 Å². The van der Waals surface area contributed by atoms with Crippen LogP contribution in [0.25, 0.3) is 11.4 Å². The van der Waals surface area contributed by atoms with E-state index in [0.717, 1.165) is 86.0 Å². The minimum Gasteiger partial charge on any atom is -0.494 e. The topological polar surface area (TPSA) is 136 Å². The van der Waals surface area contributed by atoms with Crippen molar-refractivity contribution in [3.8, 4) is 17.1 Å². The van der Waals surface area contributed by atoms with Gasteiger partial charge < -0.3 is 39.5 Å². The number of benzene rings is 2. The number of piperidine rings is 1. The first-order valence-electron chi connectivity index (χ1n) is 17.6. The first-order valence-corrected chi connectivity index (χ1v) is 17.6. The summed E-state index contributed by atoms with van der Waals surface area (Å²) >= 11 is 0. The minimum absolute atomic E-state index is 0.0106. The third-order valence-corrected chi connectivity index (χ3v) is 8.97. The monoisotopic (exact) mass is 685 g/mol. The van der Waals surface area contributed by atoms with Crippen molar-refractivity contribution in [1.82, 2.24) is 25.1 Å². The zero-order valence-electron chi connectivity index (χ0n) is 29.5. The van der Waals surface area contributed by atoms with Crippen LogP contribution in [0.3, 0.4) is 0 Å². The Labute approximate surface area is 295 Å². The number of hydrogen-bond acceptors (Lipinski definition) is 11. The van der Waals surface area contributed by atoms with Crippen molar-refractivity contribution >= 4 is 17.3 Å². The largest absolute Gasteiger partial charge is 0.494 e. The Bertz CT molecular complexity index is 1580. The molecule has 4 aromatic rings. The summed E-state index contributed by atoms with van der Waals surface area (Å²) in [6.45, 7) is 6.57. The molecule has 0 amide bonds. The van der Waals surface area contributed by atoms with Gasteiger partial charge in [-0.2, -0.15) is 0 Å². The Morgan fingerprint density at radius 3 is 2.40 bits per heavy atom. The second-order valence-electron chi connectivity index (χ2n) is 12.8. The zero-order chi connectivity index (χ0) is 35.0. The van der Waals surface area contributed by atoms with E-state index >= 15 is 0 Å². The van der Waals surface area contributed by atoms with Crippen molar-refractivity contribution in [2.75, 3.05) is 70.9 Å². The molecule has 12 nitrogen and oxygen atoms in total. The van der Waals surface area contributed by atoms with Gasteiger partial charge in [-0.15, -0.1) is 10.2 Å². The number of carbonyl (C=O) groups excluding carboxylic acids is 1. The second kappa shape index (κ2) is 19.0. The molecule has 268 valence electrons. The predicted octanol–water partition coefficient (Wildman–Crippen LogP) is 6.22. The van der Waals surface area contributed by atoms with Gasteiger partial charge in [0.15, 0.2) is 11.6 Å². The number of pyridine rings is 1. The van der Waals surface area contributed by atoms with Crippen LogP contribution in [-0.4, -0.2) is 91.3 Å². The minimum atomic E-state index is -0.361. The number of nitrogens with one attached hydrogen (secondary N) is 3. The van der Waals surface area contributed by atoms with E-state index in [1.165, 1.54) is 12.7 Å². The summed E-state index contributed by atoms with van der Waals surface area (Å²) in [5.41, 5.74) is 3.86. The van der Waals surface area contributed by atoms with Crippen molar-refractivity contribution in [3.05, 3.63) is 84.4 Å². The van der Waals surface area contributed by atoms with Gasteiger partial charge in [0.2, 0.25) is 0 Å². The summed E-state index contributed by atoms with van der Waals surface area (Å²) < 4.78 is 21.4. The number of aromatic amines is 1. The maximum absolute atomic E-state index is 11.0. The Kier molecular flexibility index (Phi) is 14.0. The van der Waals surface area contributed by atoms with E-state index < -0.39 is 0 Å². The van der Waals surface area contributed by atoms with Gasteiger partial charge >= 0.3 is 5.97 Å². The maximum Gasteiger partial charge on any atom is 0.331 e. The number of nitrogens with zero attached hydrogens (tertiary/aromatic N) is 4. The van der Waals surface area contributed by atoms with Crippen molar-refractivity contribution in [3.63, 3.8) is 0 Å². The third kappa shape index (κ3) is 11.0.